The Bertz CT molecular complexity index is 527. The van der Waals surface area contributed by atoms with E-state index < -0.39 is 5.82 Å². The second kappa shape index (κ2) is 5.12. The summed E-state index contributed by atoms with van der Waals surface area (Å²) < 4.78 is 13.3. The van der Waals surface area contributed by atoms with Gasteiger partial charge in [0.05, 0.1) is 10.0 Å². The predicted octanol–water partition coefficient (Wildman–Crippen LogP) is 3.49. The number of rotatable bonds is 3. The highest BCUT2D eigenvalue weighted by atomic mass is 35.5. The van der Waals surface area contributed by atoms with Crippen LogP contribution in [0.4, 0.5) is 4.39 Å². The van der Waals surface area contributed by atoms with Gasteiger partial charge in [-0.25, -0.2) is 9.37 Å². The molecule has 1 atom stereocenters. The first-order valence-corrected chi connectivity index (χ1v) is 6.37. The van der Waals surface area contributed by atoms with Gasteiger partial charge in [0.1, 0.15) is 5.82 Å². The molecule has 0 aliphatic heterocycles. The molecule has 0 aliphatic rings. The van der Waals surface area contributed by atoms with Crippen LogP contribution in [0.2, 0.25) is 5.02 Å². The molecule has 17 heavy (non-hydrogen) atoms. The Morgan fingerprint density at radius 1 is 1.53 bits per heavy atom. The summed E-state index contributed by atoms with van der Waals surface area (Å²) >= 11 is 7.19. The van der Waals surface area contributed by atoms with Crippen molar-refractivity contribution >= 4 is 22.9 Å². The van der Waals surface area contributed by atoms with E-state index in [2.05, 4.69) is 4.98 Å². The molecular weight excluding hydrogens is 259 g/mol. The number of nitrogens with two attached hydrogens (primary N) is 1. The molecule has 0 amide bonds. The minimum Gasteiger partial charge on any atom is -0.323 e. The van der Waals surface area contributed by atoms with E-state index in [0.29, 0.717) is 6.42 Å². The first kappa shape index (κ1) is 12.5. The number of nitrogens with zero attached hydrogens (tertiary/aromatic N) is 1. The van der Waals surface area contributed by atoms with Crippen molar-refractivity contribution in [2.45, 2.75) is 19.4 Å². The molecule has 1 aromatic carbocycles. The SMILES string of the molecule is Cc1ncc(C(N)Cc2ccc(Cl)c(F)c2)s1. The summed E-state index contributed by atoms with van der Waals surface area (Å²) in [4.78, 5) is 5.17. The average Bonchev–Trinajstić information content (AvgIpc) is 2.70. The van der Waals surface area contributed by atoms with Crippen LogP contribution in [0.5, 0.6) is 0 Å². The Hall–Kier alpha value is -0.970. The molecule has 0 radical (unpaired) electrons. The van der Waals surface area contributed by atoms with E-state index in [0.717, 1.165) is 15.4 Å². The van der Waals surface area contributed by atoms with Gasteiger partial charge in [0.2, 0.25) is 0 Å². The van der Waals surface area contributed by atoms with Gasteiger partial charge >= 0.3 is 0 Å². The fourth-order valence-corrected chi connectivity index (χ4v) is 2.47. The van der Waals surface area contributed by atoms with Gasteiger partial charge in [-0.05, 0) is 31.0 Å². The highest BCUT2D eigenvalue weighted by Crippen LogP contribution is 2.23. The lowest BCUT2D eigenvalue weighted by atomic mass is 10.1. The van der Waals surface area contributed by atoms with Crippen molar-refractivity contribution in [1.82, 2.24) is 4.98 Å². The van der Waals surface area contributed by atoms with Crippen LogP contribution in [0.3, 0.4) is 0 Å². The zero-order chi connectivity index (χ0) is 12.4. The lowest BCUT2D eigenvalue weighted by Gasteiger charge is -2.09. The summed E-state index contributed by atoms with van der Waals surface area (Å²) in [5.74, 6) is -0.406. The monoisotopic (exact) mass is 270 g/mol. The molecule has 2 nitrogen and oxygen atoms in total. The predicted molar refractivity (Wildman–Crippen MR) is 68.9 cm³/mol. The van der Waals surface area contributed by atoms with Crippen molar-refractivity contribution in [3.05, 3.63) is 50.7 Å². The number of halogens is 2. The van der Waals surface area contributed by atoms with Gasteiger partial charge in [0, 0.05) is 17.1 Å². The number of hydrogen-bond acceptors (Lipinski definition) is 3. The van der Waals surface area contributed by atoms with Crippen LogP contribution < -0.4 is 5.73 Å². The second-order valence-electron chi connectivity index (χ2n) is 3.84. The summed E-state index contributed by atoms with van der Waals surface area (Å²) in [6, 6.07) is 4.62. The molecule has 0 spiro atoms. The van der Waals surface area contributed by atoms with E-state index in [9.17, 15) is 4.39 Å². The molecule has 1 heterocycles. The Kier molecular flexibility index (Phi) is 3.76. The van der Waals surface area contributed by atoms with Crippen molar-refractivity contribution in [3.8, 4) is 0 Å². The molecule has 0 saturated heterocycles. The number of aryl methyl sites for hydroxylation is 1. The van der Waals surface area contributed by atoms with Gasteiger partial charge < -0.3 is 5.73 Å². The third-order valence-corrected chi connectivity index (χ3v) is 3.80. The summed E-state index contributed by atoms with van der Waals surface area (Å²) in [6.45, 7) is 1.93. The number of aromatic nitrogens is 1. The molecule has 2 rings (SSSR count). The summed E-state index contributed by atoms with van der Waals surface area (Å²) in [7, 11) is 0. The number of hydrogen-bond donors (Lipinski definition) is 1. The maximum atomic E-state index is 13.3. The molecule has 1 unspecified atom stereocenters. The standard InChI is InChI=1S/C12H12ClFN2S/c1-7-16-6-12(17-7)11(15)5-8-2-3-9(13)10(14)4-8/h2-4,6,11H,5,15H2,1H3. The lowest BCUT2D eigenvalue weighted by Crippen LogP contribution is -2.11. The van der Waals surface area contributed by atoms with Gasteiger partial charge in [-0.2, -0.15) is 0 Å². The maximum absolute atomic E-state index is 13.3. The topological polar surface area (TPSA) is 38.9 Å². The minimum absolute atomic E-state index is 0.135. The molecule has 5 heteroatoms. The Balaban J connectivity index is 2.12. The largest absolute Gasteiger partial charge is 0.323 e. The Labute approximate surface area is 108 Å². The molecular formula is C12H12ClFN2S. The van der Waals surface area contributed by atoms with E-state index in [1.54, 1.807) is 29.7 Å². The maximum Gasteiger partial charge on any atom is 0.142 e. The van der Waals surface area contributed by atoms with Crippen LogP contribution in [0.1, 0.15) is 21.5 Å². The van der Waals surface area contributed by atoms with Crippen molar-refractivity contribution in [3.63, 3.8) is 0 Å². The van der Waals surface area contributed by atoms with Crippen LogP contribution in [0.15, 0.2) is 24.4 Å². The van der Waals surface area contributed by atoms with Crippen LogP contribution in [0, 0.1) is 12.7 Å². The van der Waals surface area contributed by atoms with Crippen LogP contribution in [-0.4, -0.2) is 4.98 Å². The Morgan fingerprint density at radius 2 is 2.29 bits per heavy atom. The smallest absolute Gasteiger partial charge is 0.142 e. The third kappa shape index (κ3) is 3.03. The second-order valence-corrected chi connectivity index (χ2v) is 5.51. The van der Waals surface area contributed by atoms with E-state index >= 15 is 0 Å². The number of benzene rings is 1. The van der Waals surface area contributed by atoms with Crippen molar-refractivity contribution in [1.29, 1.82) is 0 Å². The molecule has 0 fully saturated rings. The van der Waals surface area contributed by atoms with Gasteiger partial charge in [0.25, 0.3) is 0 Å². The zero-order valence-electron chi connectivity index (χ0n) is 9.28. The molecule has 90 valence electrons. The van der Waals surface area contributed by atoms with Crippen molar-refractivity contribution in [2.75, 3.05) is 0 Å². The normalized spacial score (nSPS) is 12.7. The highest BCUT2D eigenvalue weighted by Gasteiger charge is 2.11. The fraction of sp³-hybridized carbons (Fsp3) is 0.250. The van der Waals surface area contributed by atoms with E-state index in [-0.39, 0.29) is 11.1 Å². The zero-order valence-corrected chi connectivity index (χ0v) is 10.9. The van der Waals surface area contributed by atoms with Crippen LogP contribution in [-0.2, 0) is 6.42 Å². The van der Waals surface area contributed by atoms with E-state index in [4.69, 9.17) is 17.3 Å². The first-order chi connectivity index (χ1) is 8.06. The van der Waals surface area contributed by atoms with Crippen LogP contribution in [0.25, 0.3) is 0 Å². The molecule has 0 aliphatic carbocycles. The quantitative estimate of drug-likeness (QED) is 0.927. The first-order valence-electron chi connectivity index (χ1n) is 5.18. The third-order valence-electron chi connectivity index (χ3n) is 2.44. The molecule has 2 aromatic rings. The summed E-state index contributed by atoms with van der Waals surface area (Å²) in [5, 5.41) is 1.12. The van der Waals surface area contributed by atoms with Gasteiger partial charge in [0.15, 0.2) is 0 Å². The van der Waals surface area contributed by atoms with Crippen LogP contribution >= 0.6 is 22.9 Å². The van der Waals surface area contributed by atoms with Crippen molar-refractivity contribution < 1.29 is 4.39 Å². The molecule has 0 saturated carbocycles. The molecule has 2 N–H and O–H groups in total. The van der Waals surface area contributed by atoms with Crippen molar-refractivity contribution in [2.24, 2.45) is 5.73 Å². The molecule has 0 bridgehead atoms. The van der Waals surface area contributed by atoms with Gasteiger partial charge in [-0.1, -0.05) is 17.7 Å². The van der Waals surface area contributed by atoms with Gasteiger partial charge in [-0.3, -0.25) is 0 Å². The fourth-order valence-electron chi connectivity index (χ4n) is 1.57. The minimum atomic E-state index is -0.406. The lowest BCUT2D eigenvalue weighted by molar-refractivity contribution is 0.623. The molecule has 1 aromatic heterocycles. The van der Waals surface area contributed by atoms with E-state index in [1.165, 1.54) is 6.07 Å². The highest BCUT2D eigenvalue weighted by molar-refractivity contribution is 7.11. The summed E-state index contributed by atoms with van der Waals surface area (Å²) in [5.41, 5.74) is 6.88. The average molecular weight is 271 g/mol. The van der Waals surface area contributed by atoms with E-state index in [1.807, 2.05) is 6.92 Å². The number of thiazole rings is 1. The van der Waals surface area contributed by atoms with Gasteiger partial charge in [-0.15, -0.1) is 11.3 Å². The summed E-state index contributed by atoms with van der Waals surface area (Å²) in [6.07, 6.45) is 2.35. The Morgan fingerprint density at radius 3 is 2.88 bits per heavy atom.